The highest BCUT2D eigenvalue weighted by molar-refractivity contribution is 7.20. The zero-order valence-electron chi connectivity index (χ0n) is 11.4. The lowest BCUT2D eigenvalue weighted by molar-refractivity contribution is -0.117. The fourth-order valence-corrected chi connectivity index (χ4v) is 3.11. The fourth-order valence-electron chi connectivity index (χ4n) is 2.05. The minimum Gasteiger partial charge on any atom is -0.477 e. The Balaban J connectivity index is 2.68. The molecule has 0 amide bonds. The molecule has 0 aliphatic carbocycles. The third kappa shape index (κ3) is 2.36. The summed E-state index contributed by atoms with van der Waals surface area (Å²) in [6.07, 6.45) is 0.253. The maximum absolute atomic E-state index is 12.4. The largest absolute Gasteiger partial charge is 0.477 e. The van der Waals surface area contributed by atoms with Crippen molar-refractivity contribution in [3.63, 3.8) is 0 Å². The van der Waals surface area contributed by atoms with Gasteiger partial charge in [0, 0.05) is 13.0 Å². The second kappa shape index (κ2) is 5.16. The van der Waals surface area contributed by atoms with Crippen molar-refractivity contribution in [1.82, 2.24) is 9.55 Å². The Bertz CT molecular complexity index is 773. The van der Waals surface area contributed by atoms with Crippen LogP contribution in [0.5, 0.6) is 0 Å². The lowest BCUT2D eigenvalue weighted by Gasteiger charge is -2.08. The number of carbonyl (C=O) groups is 2. The molecule has 2 rings (SSSR count). The lowest BCUT2D eigenvalue weighted by Crippen LogP contribution is -2.24. The Morgan fingerprint density at radius 2 is 2.00 bits per heavy atom. The van der Waals surface area contributed by atoms with E-state index in [0.29, 0.717) is 21.6 Å². The van der Waals surface area contributed by atoms with Gasteiger partial charge in [0.15, 0.2) is 0 Å². The maximum atomic E-state index is 12.4. The lowest BCUT2D eigenvalue weighted by atomic mass is 10.2. The van der Waals surface area contributed by atoms with Crippen LogP contribution in [0.15, 0.2) is 4.79 Å². The number of aryl methyl sites for hydroxylation is 2. The van der Waals surface area contributed by atoms with Crippen molar-refractivity contribution >= 4 is 33.3 Å². The predicted octanol–water partition coefficient (Wildman–Crippen LogP) is 1.75. The number of carbonyl (C=O) groups excluding carboxylic acids is 1. The fraction of sp³-hybridized carbons (Fsp3) is 0.385. The van der Waals surface area contributed by atoms with E-state index in [9.17, 15) is 14.4 Å². The van der Waals surface area contributed by atoms with E-state index < -0.39 is 5.97 Å². The van der Waals surface area contributed by atoms with Gasteiger partial charge < -0.3 is 5.11 Å². The Kier molecular flexibility index (Phi) is 3.71. The molecule has 0 saturated heterocycles. The highest BCUT2D eigenvalue weighted by Gasteiger charge is 2.20. The van der Waals surface area contributed by atoms with Crippen molar-refractivity contribution in [1.29, 1.82) is 0 Å². The quantitative estimate of drug-likeness (QED) is 0.928. The van der Waals surface area contributed by atoms with Gasteiger partial charge >= 0.3 is 5.97 Å². The second-order valence-corrected chi connectivity index (χ2v) is 5.61. The van der Waals surface area contributed by atoms with Crippen molar-refractivity contribution in [2.45, 2.75) is 33.7 Å². The molecule has 0 unspecified atom stereocenters. The standard InChI is InChI=1S/C13H14N2O4S/c1-6(16)4-5-15-8(3)14-11-9(12(15)17)7(2)10(20-11)13(18)19/h4-5H2,1-3H3,(H,18,19). The first kappa shape index (κ1) is 14.4. The molecule has 7 heteroatoms. The van der Waals surface area contributed by atoms with Gasteiger partial charge in [-0.1, -0.05) is 0 Å². The number of carboxylic acids is 1. The molecule has 2 aromatic heterocycles. The Hall–Kier alpha value is -2.02. The van der Waals surface area contributed by atoms with E-state index in [4.69, 9.17) is 5.11 Å². The van der Waals surface area contributed by atoms with E-state index >= 15 is 0 Å². The molecule has 0 aliphatic rings. The van der Waals surface area contributed by atoms with E-state index in [0.717, 1.165) is 11.3 Å². The molecule has 1 N–H and O–H groups in total. The SMILES string of the molecule is CC(=O)CCn1c(C)nc2sc(C(=O)O)c(C)c2c1=O. The number of nitrogens with zero attached hydrogens (tertiary/aromatic N) is 2. The van der Waals surface area contributed by atoms with E-state index in [-0.39, 0.29) is 29.2 Å². The summed E-state index contributed by atoms with van der Waals surface area (Å²) < 4.78 is 1.43. The highest BCUT2D eigenvalue weighted by Crippen LogP contribution is 2.27. The van der Waals surface area contributed by atoms with E-state index in [1.807, 2.05) is 0 Å². The van der Waals surface area contributed by atoms with Gasteiger partial charge in [-0.15, -0.1) is 11.3 Å². The maximum Gasteiger partial charge on any atom is 0.346 e. The topological polar surface area (TPSA) is 89.3 Å². The van der Waals surface area contributed by atoms with Crippen LogP contribution in [-0.2, 0) is 11.3 Å². The third-order valence-electron chi connectivity index (χ3n) is 3.12. The van der Waals surface area contributed by atoms with Gasteiger partial charge in [0.05, 0.1) is 5.39 Å². The van der Waals surface area contributed by atoms with Crippen molar-refractivity contribution in [2.75, 3.05) is 0 Å². The molecule has 0 saturated carbocycles. The molecule has 0 spiro atoms. The van der Waals surface area contributed by atoms with E-state index in [1.54, 1.807) is 13.8 Å². The number of Topliss-reactive ketones (excluding diaryl/α,β-unsaturated/α-hetero) is 1. The van der Waals surface area contributed by atoms with Gasteiger partial charge in [-0.05, 0) is 26.3 Å². The molecule has 0 fully saturated rings. The van der Waals surface area contributed by atoms with Crippen molar-refractivity contribution in [2.24, 2.45) is 0 Å². The number of rotatable bonds is 4. The molecule has 0 bridgehead atoms. The molecular formula is C13H14N2O4S. The van der Waals surface area contributed by atoms with Gasteiger partial charge in [-0.2, -0.15) is 0 Å². The Morgan fingerprint density at radius 1 is 1.35 bits per heavy atom. The van der Waals surface area contributed by atoms with Crippen LogP contribution in [0, 0.1) is 13.8 Å². The van der Waals surface area contributed by atoms with Gasteiger partial charge in [0.2, 0.25) is 0 Å². The summed E-state index contributed by atoms with van der Waals surface area (Å²) >= 11 is 1.00. The number of thiophene rings is 1. The third-order valence-corrected chi connectivity index (χ3v) is 4.30. The molecule has 0 aliphatic heterocycles. The minimum absolute atomic E-state index is 0.00957. The summed E-state index contributed by atoms with van der Waals surface area (Å²) in [7, 11) is 0. The first-order chi connectivity index (χ1) is 9.32. The average molecular weight is 294 g/mol. The first-order valence-electron chi connectivity index (χ1n) is 6.06. The van der Waals surface area contributed by atoms with Crippen LogP contribution in [0.3, 0.4) is 0 Å². The van der Waals surface area contributed by atoms with Crippen molar-refractivity contribution in [3.8, 4) is 0 Å². The second-order valence-electron chi connectivity index (χ2n) is 4.61. The number of hydrogen-bond donors (Lipinski definition) is 1. The average Bonchev–Trinajstić information content (AvgIpc) is 2.65. The van der Waals surface area contributed by atoms with Crippen molar-refractivity contribution in [3.05, 3.63) is 26.6 Å². The zero-order valence-corrected chi connectivity index (χ0v) is 12.2. The Morgan fingerprint density at radius 3 is 2.55 bits per heavy atom. The molecular weight excluding hydrogens is 280 g/mol. The van der Waals surface area contributed by atoms with Crippen LogP contribution in [0.1, 0.15) is 34.4 Å². The summed E-state index contributed by atoms with van der Waals surface area (Å²) in [5, 5.41) is 9.44. The Labute approximate surface area is 118 Å². The summed E-state index contributed by atoms with van der Waals surface area (Å²) in [5.74, 6) is -0.579. The smallest absolute Gasteiger partial charge is 0.346 e. The summed E-state index contributed by atoms with van der Waals surface area (Å²) in [6.45, 7) is 5.01. The summed E-state index contributed by atoms with van der Waals surface area (Å²) in [4.78, 5) is 39.5. The van der Waals surface area contributed by atoms with Gasteiger partial charge in [0.25, 0.3) is 5.56 Å². The number of hydrogen-bond acceptors (Lipinski definition) is 5. The molecule has 106 valence electrons. The normalized spacial score (nSPS) is 10.9. The molecule has 0 radical (unpaired) electrons. The molecule has 2 aromatic rings. The van der Waals surface area contributed by atoms with Gasteiger partial charge in [-0.25, -0.2) is 9.78 Å². The van der Waals surface area contributed by atoms with Crippen LogP contribution in [0.25, 0.3) is 10.2 Å². The van der Waals surface area contributed by atoms with E-state index in [1.165, 1.54) is 11.5 Å². The summed E-state index contributed by atoms with van der Waals surface area (Å²) in [6, 6.07) is 0. The minimum atomic E-state index is -1.06. The highest BCUT2D eigenvalue weighted by atomic mass is 32.1. The monoisotopic (exact) mass is 294 g/mol. The van der Waals surface area contributed by atoms with Crippen molar-refractivity contribution < 1.29 is 14.7 Å². The molecule has 2 heterocycles. The van der Waals surface area contributed by atoms with Crippen LogP contribution in [0.4, 0.5) is 0 Å². The van der Waals surface area contributed by atoms with Crippen LogP contribution < -0.4 is 5.56 Å². The number of ketones is 1. The number of fused-ring (bicyclic) bond motifs is 1. The molecule has 0 aromatic carbocycles. The molecule has 0 atom stereocenters. The molecule has 20 heavy (non-hydrogen) atoms. The zero-order chi connectivity index (χ0) is 15.0. The van der Waals surface area contributed by atoms with Gasteiger partial charge in [0.1, 0.15) is 21.3 Å². The van der Waals surface area contributed by atoms with Gasteiger partial charge in [-0.3, -0.25) is 14.2 Å². The van der Waals surface area contributed by atoms with E-state index in [2.05, 4.69) is 4.98 Å². The number of aromatic nitrogens is 2. The van der Waals surface area contributed by atoms with Crippen LogP contribution in [0.2, 0.25) is 0 Å². The molecule has 6 nitrogen and oxygen atoms in total. The van der Waals surface area contributed by atoms with Crippen LogP contribution >= 0.6 is 11.3 Å². The van der Waals surface area contributed by atoms with Crippen LogP contribution in [-0.4, -0.2) is 26.4 Å². The predicted molar refractivity (Wildman–Crippen MR) is 75.6 cm³/mol. The summed E-state index contributed by atoms with van der Waals surface area (Å²) in [5.41, 5.74) is 0.154. The number of aromatic carboxylic acids is 1. The first-order valence-corrected chi connectivity index (χ1v) is 6.87. The number of carboxylic acid groups (broad SMARTS) is 1.